The molecule has 0 unspecified atom stereocenters. The molecule has 1 atom stereocenters. The normalized spacial score (nSPS) is 12.3. The van der Waals surface area contributed by atoms with Crippen LogP contribution in [0.4, 0.5) is 16.2 Å². The van der Waals surface area contributed by atoms with Gasteiger partial charge >= 0.3 is 6.03 Å². The quantitative estimate of drug-likeness (QED) is 0.431. The van der Waals surface area contributed by atoms with Gasteiger partial charge in [-0.05, 0) is 12.0 Å². The van der Waals surface area contributed by atoms with Gasteiger partial charge in [0.2, 0.25) is 0 Å². The van der Waals surface area contributed by atoms with Crippen LogP contribution < -0.4 is 10.6 Å². The minimum absolute atomic E-state index is 0.0867. The number of carbonyl (C=O) groups is 1. The Kier molecular flexibility index (Phi) is 6.21. The highest BCUT2D eigenvalue weighted by atomic mass is 35.5. The van der Waals surface area contributed by atoms with E-state index in [1.54, 1.807) is 23.8 Å². The van der Waals surface area contributed by atoms with Gasteiger partial charge in [0, 0.05) is 13.2 Å². The van der Waals surface area contributed by atoms with Crippen LogP contribution >= 0.6 is 23.2 Å². The van der Waals surface area contributed by atoms with E-state index in [2.05, 4.69) is 35.9 Å². The van der Waals surface area contributed by atoms with Crippen LogP contribution in [0.3, 0.4) is 0 Å². The topological polar surface area (TPSA) is 124 Å². The first-order valence-electron chi connectivity index (χ1n) is 9.54. The Hall–Kier alpha value is -3.28. The molecule has 0 radical (unpaired) electrons. The van der Waals surface area contributed by atoms with Gasteiger partial charge in [0.05, 0.1) is 46.9 Å². The zero-order valence-electron chi connectivity index (χ0n) is 17.3. The Morgan fingerprint density at radius 2 is 1.84 bits per heavy atom. The van der Waals surface area contributed by atoms with Crippen LogP contribution in [0.2, 0.25) is 10.2 Å². The van der Waals surface area contributed by atoms with Crippen molar-refractivity contribution in [3.63, 3.8) is 0 Å². The van der Waals surface area contributed by atoms with E-state index in [1.807, 2.05) is 13.8 Å². The van der Waals surface area contributed by atoms with Gasteiger partial charge in [-0.2, -0.15) is 15.3 Å². The van der Waals surface area contributed by atoms with Crippen molar-refractivity contribution < 1.29 is 9.53 Å². The van der Waals surface area contributed by atoms with E-state index in [9.17, 15) is 4.79 Å². The van der Waals surface area contributed by atoms with E-state index in [0.29, 0.717) is 28.5 Å². The molecule has 0 spiro atoms. The van der Waals surface area contributed by atoms with Gasteiger partial charge in [-0.1, -0.05) is 37.0 Å². The number of hydrogen-bond acceptors (Lipinski definition) is 7. The van der Waals surface area contributed by atoms with E-state index < -0.39 is 6.03 Å². The Bertz CT molecular complexity index is 1260. The second-order valence-corrected chi connectivity index (χ2v) is 7.92. The van der Waals surface area contributed by atoms with Gasteiger partial charge in [0.1, 0.15) is 6.10 Å². The van der Waals surface area contributed by atoms with Crippen LogP contribution in [0, 0.1) is 5.92 Å². The molecule has 4 aromatic heterocycles. The number of pyridine rings is 1. The fourth-order valence-corrected chi connectivity index (χ4v) is 3.66. The number of halogens is 2. The summed E-state index contributed by atoms with van der Waals surface area (Å²) in [5.74, 6) is 0.429. The summed E-state index contributed by atoms with van der Waals surface area (Å²) in [6.45, 7) is 4.00. The SMILES string of the molecule is CO[C@@H](c1c(NC(=O)Nc2cnc(-n3nccn3)c(Cl)c2)cnc2cc(Cl)nn12)C(C)C. The summed E-state index contributed by atoms with van der Waals surface area (Å²) in [5.41, 5.74) is 1.96. The summed E-state index contributed by atoms with van der Waals surface area (Å²) in [6, 6.07) is 2.66. The molecule has 0 aromatic carbocycles. The average molecular weight is 476 g/mol. The van der Waals surface area contributed by atoms with Crippen molar-refractivity contribution in [2.75, 3.05) is 17.7 Å². The molecule has 0 saturated carbocycles. The third-order valence-corrected chi connectivity index (χ3v) is 5.02. The van der Waals surface area contributed by atoms with E-state index in [0.717, 1.165) is 0 Å². The number of fused-ring (bicyclic) bond motifs is 1. The highest BCUT2D eigenvalue weighted by Gasteiger charge is 2.25. The number of carbonyl (C=O) groups excluding carboxylic acids is 1. The maximum absolute atomic E-state index is 12.7. The number of nitrogens with one attached hydrogen (secondary N) is 2. The molecule has 0 aliphatic rings. The number of amides is 2. The number of urea groups is 1. The van der Waals surface area contributed by atoms with Crippen LogP contribution in [-0.2, 0) is 4.74 Å². The summed E-state index contributed by atoms with van der Waals surface area (Å²) in [5, 5.41) is 18.3. The van der Waals surface area contributed by atoms with Crippen LogP contribution in [0.1, 0.15) is 25.6 Å². The highest BCUT2D eigenvalue weighted by molar-refractivity contribution is 6.32. The maximum atomic E-state index is 12.7. The number of hydrogen-bond donors (Lipinski definition) is 2. The summed E-state index contributed by atoms with van der Waals surface area (Å²) >= 11 is 12.3. The van der Waals surface area contributed by atoms with Gasteiger partial charge in [-0.15, -0.1) is 4.80 Å². The standard InChI is InChI=1S/C19H19Cl2N9O2/c1-10(2)17(32-3)16-13(9-22-15-7-14(21)28-29(15)16)27-19(31)26-11-6-12(20)18(23-8-11)30-24-4-5-25-30/h4-10,17H,1-3H3,(H2,26,27,31)/t17-/m1/s1. The molecule has 11 nitrogen and oxygen atoms in total. The van der Waals surface area contributed by atoms with Crippen molar-refractivity contribution in [2.24, 2.45) is 5.92 Å². The molecule has 13 heteroatoms. The predicted octanol–water partition coefficient (Wildman–Crippen LogP) is 4.00. The number of aromatic nitrogens is 7. The second-order valence-electron chi connectivity index (χ2n) is 7.12. The number of nitrogens with zero attached hydrogens (tertiary/aromatic N) is 7. The molecule has 4 rings (SSSR count). The molecule has 0 fully saturated rings. The van der Waals surface area contributed by atoms with E-state index >= 15 is 0 Å². The lowest BCUT2D eigenvalue weighted by molar-refractivity contribution is 0.0600. The lowest BCUT2D eigenvalue weighted by Crippen LogP contribution is -2.24. The van der Waals surface area contributed by atoms with Crippen molar-refractivity contribution in [3.05, 3.63) is 52.8 Å². The average Bonchev–Trinajstić information content (AvgIpc) is 3.39. The molecule has 0 saturated heterocycles. The first-order chi connectivity index (χ1) is 15.4. The van der Waals surface area contributed by atoms with E-state index in [-0.39, 0.29) is 22.2 Å². The summed E-state index contributed by atoms with van der Waals surface area (Å²) in [4.78, 5) is 22.5. The first-order valence-corrected chi connectivity index (χ1v) is 10.3. The van der Waals surface area contributed by atoms with Crippen LogP contribution in [0.5, 0.6) is 0 Å². The molecular weight excluding hydrogens is 457 g/mol. The van der Waals surface area contributed by atoms with Crippen molar-refractivity contribution in [3.8, 4) is 5.82 Å². The minimum atomic E-state index is -0.521. The molecule has 4 aromatic rings. The highest BCUT2D eigenvalue weighted by Crippen LogP contribution is 2.32. The second kappa shape index (κ2) is 9.07. The fourth-order valence-electron chi connectivity index (χ4n) is 3.25. The van der Waals surface area contributed by atoms with Crippen molar-refractivity contribution >= 4 is 46.3 Å². The number of ether oxygens (including phenoxy) is 1. The van der Waals surface area contributed by atoms with Gasteiger partial charge < -0.3 is 15.4 Å². The van der Waals surface area contributed by atoms with E-state index in [4.69, 9.17) is 27.9 Å². The predicted molar refractivity (Wildman–Crippen MR) is 119 cm³/mol. The van der Waals surface area contributed by atoms with Crippen molar-refractivity contribution in [1.82, 2.24) is 34.6 Å². The Morgan fingerprint density at radius 1 is 1.09 bits per heavy atom. The lowest BCUT2D eigenvalue weighted by atomic mass is 10.0. The van der Waals surface area contributed by atoms with Crippen LogP contribution in [-0.4, -0.2) is 47.7 Å². The molecule has 0 aliphatic carbocycles. The van der Waals surface area contributed by atoms with E-state index in [1.165, 1.54) is 29.6 Å². The first kappa shape index (κ1) is 21.9. The summed E-state index contributed by atoms with van der Waals surface area (Å²) in [6.07, 6.45) is 5.64. The third-order valence-electron chi connectivity index (χ3n) is 4.56. The van der Waals surface area contributed by atoms with Crippen LogP contribution in [0.25, 0.3) is 11.5 Å². The molecular formula is C19H19Cl2N9O2. The fraction of sp³-hybridized carbons (Fsp3) is 0.263. The number of methoxy groups -OCH3 is 1. The van der Waals surface area contributed by atoms with Gasteiger partial charge in [0.25, 0.3) is 0 Å². The maximum Gasteiger partial charge on any atom is 0.323 e. The Labute approximate surface area is 192 Å². The van der Waals surface area contributed by atoms with Crippen LogP contribution in [0.15, 0.2) is 36.9 Å². The molecule has 4 heterocycles. The summed E-state index contributed by atoms with van der Waals surface area (Å²) < 4.78 is 7.24. The van der Waals surface area contributed by atoms with Gasteiger partial charge in [-0.25, -0.2) is 19.3 Å². The minimum Gasteiger partial charge on any atom is -0.375 e. The lowest BCUT2D eigenvalue weighted by Gasteiger charge is -2.23. The number of anilines is 2. The largest absolute Gasteiger partial charge is 0.375 e. The molecule has 166 valence electrons. The van der Waals surface area contributed by atoms with Crippen molar-refractivity contribution in [2.45, 2.75) is 20.0 Å². The molecule has 2 amide bonds. The Morgan fingerprint density at radius 3 is 2.50 bits per heavy atom. The van der Waals surface area contributed by atoms with Gasteiger partial charge in [0.15, 0.2) is 16.6 Å². The monoisotopic (exact) mass is 475 g/mol. The molecule has 32 heavy (non-hydrogen) atoms. The molecule has 0 bridgehead atoms. The zero-order chi connectivity index (χ0) is 22.8. The zero-order valence-corrected chi connectivity index (χ0v) is 18.8. The summed E-state index contributed by atoms with van der Waals surface area (Å²) in [7, 11) is 1.59. The van der Waals surface area contributed by atoms with Gasteiger partial charge in [-0.3, -0.25) is 0 Å². The number of rotatable bonds is 6. The van der Waals surface area contributed by atoms with Crippen molar-refractivity contribution in [1.29, 1.82) is 0 Å². The smallest absolute Gasteiger partial charge is 0.323 e. The third kappa shape index (κ3) is 4.35. The Balaban J connectivity index is 1.60. The molecule has 2 N–H and O–H groups in total. The molecule has 0 aliphatic heterocycles.